The Morgan fingerprint density at radius 3 is 2.94 bits per heavy atom. The minimum Gasteiger partial charge on any atom is -0.382 e. The summed E-state index contributed by atoms with van der Waals surface area (Å²) < 4.78 is 0. The second-order valence-corrected chi connectivity index (χ2v) is 4.99. The Balaban J connectivity index is 1.94. The van der Waals surface area contributed by atoms with Crippen molar-refractivity contribution in [3.63, 3.8) is 0 Å². The summed E-state index contributed by atoms with van der Waals surface area (Å²) in [5, 5.41) is 7.29. The van der Waals surface area contributed by atoms with E-state index < -0.39 is 5.91 Å². The lowest BCUT2D eigenvalue weighted by Crippen LogP contribution is -2.39. The summed E-state index contributed by atoms with van der Waals surface area (Å²) >= 11 is 6.10. The number of nitrogens with two attached hydrogens (primary N) is 1. The molecule has 1 aliphatic heterocycles. The van der Waals surface area contributed by atoms with Gasteiger partial charge in [0, 0.05) is 18.2 Å². The highest BCUT2D eigenvalue weighted by Crippen LogP contribution is 2.23. The lowest BCUT2D eigenvalue weighted by molar-refractivity contribution is 0.100. The van der Waals surface area contributed by atoms with E-state index in [2.05, 4.69) is 10.6 Å². The Morgan fingerprint density at radius 2 is 2.33 bits per heavy atom. The fourth-order valence-electron chi connectivity index (χ4n) is 2.14. The van der Waals surface area contributed by atoms with E-state index in [1.54, 1.807) is 18.2 Å². The van der Waals surface area contributed by atoms with Gasteiger partial charge < -0.3 is 16.4 Å². The quantitative estimate of drug-likeness (QED) is 0.782. The van der Waals surface area contributed by atoms with Gasteiger partial charge in [-0.1, -0.05) is 18.0 Å². The first-order chi connectivity index (χ1) is 8.66. The first-order valence-electron chi connectivity index (χ1n) is 6.23. The number of halogens is 1. The van der Waals surface area contributed by atoms with Crippen LogP contribution in [0.1, 0.15) is 29.6 Å². The van der Waals surface area contributed by atoms with Gasteiger partial charge in [0.1, 0.15) is 0 Å². The van der Waals surface area contributed by atoms with Crippen molar-refractivity contribution in [3.05, 3.63) is 28.8 Å². The highest BCUT2D eigenvalue weighted by molar-refractivity contribution is 6.33. The molecule has 1 aromatic carbocycles. The summed E-state index contributed by atoms with van der Waals surface area (Å²) in [6.07, 6.45) is 3.71. The Morgan fingerprint density at radius 1 is 1.50 bits per heavy atom. The van der Waals surface area contributed by atoms with Crippen molar-refractivity contribution in [3.8, 4) is 0 Å². The second kappa shape index (κ2) is 6.07. The molecule has 98 valence electrons. The molecule has 1 aromatic rings. The zero-order chi connectivity index (χ0) is 13.0. The van der Waals surface area contributed by atoms with E-state index >= 15 is 0 Å². The van der Waals surface area contributed by atoms with Crippen molar-refractivity contribution >= 4 is 23.2 Å². The van der Waals surface area contributed by atoms with Gasteiger partial charge in [-0.15, -0.1) is 0 Å². The van der Waals surface area contributed by atoms with Gasteiger partial charge in [-0.3, -0.25) is 4.79 Å². The van der Waals surface area contributed by atoms with Gasteiger partial charge in [-0.2, -0.15) is 0 Å². The van der Waals surface area contributed by atoms with Gasteiger partial charge in [0.15, 0.2) is 0 Å². The predicted molar refractivity (Wildman–Crippen MR) is 74.1 cm³/mol. The molecule has 18 heavy (non-hydrogen) atoms. The normalized spacial score (nSPS) is 19.5. The molecule has 5 heteroatoms. The molecule has 0 aliphatic carbocycles. The van der Waals surface area contributed by atoms with Crippen molar-refractivity contribution in [1.29, 1.82) is 0 Å². The summed E-state index contributed by atoms with van der Waals surface area (Å²) in [5.41, 5.74) is 6.47. The maximum atomic E-state index is 11.0. The summed E-state index contributed by atoms with van der Waals surface area (Å²) in [6.45, 7) is 1.93. The summed E-state index contributed by atoms with van der Waals surface area (Å²) in [6, 6.07) is 5.57. The van der Waals surface area contributed by atoms with E-state index in [1.165, 1.54) is 19.3 Å². The molecule has 1 amide bonds. The largest absolute Gasteiger partial charge is 0.382 e. The van der Waals surface area contributed by atoms with Crippen molar-refractivity contribution in [1.82, 2.24) is 5.32 Å². The Labute approximate surface area is 112 Å². The summed E-state index contributed by atoms with van der Waals surface area (Å²) in [5.74, 6) is -0.461. The van der Waals surface area contributed by atoms with Crippen LogP contribution >= 0.6 is 11.6 Å². The van der Waals surface area contributed by atoms with Crippen LogP contribution in [0, 0.1) is 0 Å². The minimum atomic E-state index is -0.461. The topological polar surface area (TPSA) is 67.2 Å². The molecule has 1 unspecified atom stereocenters. The number of anilines is 1. The number of amides is 1. The maximum Gasteiger partial charge on any atom is 0.248 e. The Bertz CT molecular complexity index is 430. The maximum absolute atomic E-state index is 11.0. The van der Waals surface area contributed by atoms with E-state index in [0.717, 1.165) is 18.8 Å². The standard InChI is InChI=1S/C13H18ClN3O/c14-11-7-9(13(15)18)4-5-12(11)17-8-10-3-1-2-6-16-10/h4-5,7,10,16-17H,1-3,6,8H2,(H2,15,18). The van der Waals surface area contributed by atoms with Gasteiger partial charge in [0.2, 0.25) is 5.91 Å². The zero-order valence-electron chi connectivity index (χ0n) is 10.2. The third-order valence-corrected chi connectivity index (χ3v) is 3.52. The van der Waals surface area contributed by atoms with Gasteiger partial charge in [0.05, 0.1) is 10.7 Å². The predicted octanol–water partition coefficient (Wildman–Crippen LogP) is 1.99. The molecule has 2 rings (SSSR count). The first kappa shape index (κ1) is 13.2. The third kappa shape index (κ3) is 3.37. The number of carbonyl (C=O) groups is 1. The molecular formula is C13H18ClN3O. The van der Waals surface area contributed by atoms with E-state index in [4.69, 9.17) is 17.3 Å². The molecule has 1 fully saturated rings. The molecule has 0 spiro atoms. The Hall–Kier alpha value is -1.26. The van der Waals surface area contributed by atoms with Crippen LogP contribution in [-0.2, 0) is 0 Å². The average molecular weight is 268 g/mol. The highest BCUT2D eigenvalue weighted by atomic mass is 35.5. The Kier molecular flexibility index (Phi) is 4.44. The van der Waals surface area contributed by atoms with Crippen LogP contribution in [-0.4, -0.2) is 25.0 Å². The van der Waals surface area contributed by atoms with Crippen LogP contribution in [0.2, 0.25) is 5.02 Å². The van der Waals surface area contributed by atoms with Gasteiger partial charge >= 0.3 is 0 Å². The van der Waals surface area contributed by atoms with Crippen LogP contribution in [0.5, 0.6) is 0 Å². The van der Waals surface area contributed by atoms with E-state index in [-0.39, 0.29) is 0 Å². The van der Waals surface area contributed by atoms with E-state index in [1.807, 2.05) is 0 Å². The molecule has 1 aliphatic rings. The number of primary amides is 1. The van der Waals surface area contributed by atoms with Crippen molar-refractivity contribution < 1.29 is 4.79 Å². The smallest absolute Gasteiger partial charge is 0.248 e. The molecule has 4 nitrogen and oxygen atoms in total. The number of hydrogen-bond donors (Lipinski definition) is 3. The molecule has 1 heterocycles. The molecule has 0 radical (unpaired) electrons. The minimum absolute atomic E-state index is 0.432. The van der Waals surface area contributed by atoms with Gasteiger partial charge in [-0.25, -0.2) is 0 Å². The van der Waals surface area contributed by atoms with Crippen molar-refractivity contribution in [2.24, 2.45) is 5.73 Å². The molecule has 0 bridgehead atoms. The molecule has 0 aromatic heterocycles. The van der Waals surface area contributed by atoms with Crippen molar-refractivity contribution in [2.45, 2.75) is 25.3 Å². The second-order valence-electron chi connectivity index (χ2n) is 4.59. The summed E-state index contributed by atoms with van der Waals surface area (Å²) in [7, 11) is 0. The molecular weight excluding hydrogens is 250 g/mol. The number of nitrogens with one attached hydrogen (secondary N) is 2. The third-order valence-electron chi connectivity index (χ3n) is 3.20. The molecule has 1 atom stereocenters. The lowest BCUT2D eigenvalue weighted by atomic mass is 10.1. The summed E-state index contributed by atoms with van der Waals surface area (Å²) in [4.78, 5) is 11.0. The molecule has 0 saturated carbocycles. The zero-order valence-corrected chi connectivity index (χ0v) is 11.0. The number of piperidine rings is 1. The van der Waals surface area contributed by atoms with Crippen LogP contribution in [0.3, 0.4) is 0 Å². The number of benzene rings is 1. The van der Waals surface area contributed by atoms with Gasteiger partial charge in [0.25, 0.3) is 0 Å². The van der Waals surface area contributed by atoms with Crippen molar-refractivity contribution in [2.75, 3.05) is 18.4 Å². The van der Waals surface area contributed by atoms with Gasteiger partial charge in [-0.05, 0) is 37.6 Å². The monoisotopic (exact) mass is 267 g/mol. The molecule has 4 N–H and O–H groups in total. The SMILES string of the molecule is NC(=O)c1ccc(NCC2CCCCN2)c(Cl)c1. The fraction of sp³-hybridized carbons (Fsp3) is 0.462. The van der Waals surface area contributed by atoms with Crippen LogP contribution in [0.15, 0.2) is 18.2 Å². The van der Waals surface area contributed by atoms with E-state index in [9.17, 15) is 4.79 Å². The highest BCUT2D eigenvalue weighted by Gasteiger charge is 2.12. The fourth-order valence-corrected chi connectivity index (χ4v) is 2.39. The number of carbonyl (C=O) groups excluding carboxylic acids is 1. The van der Waals surface area contributed by atoms with E-state index in [0.29, 0.717) is 16.6 Å². The number of rotatable bonds is 4. The number of hydrogen-bond acceptors (Lipinski definition) is 3. The van der Waals surface area contributed by atoms with Crippen LogP contribution in [0.4, 0.5) is 5.69 Å². The van der Waals surface area contributed by atoms with Crippen LogP contribution in [0.25, 0.3) is 0 Å². The molecule has 1 saturated heterocycles. The van der Waals surface area contributed by atoms with Crippen LogP contribution < -0.4 is 16.4 Å². The first-order valence-corrected chi connectivity index (χ1v) is 6.61. The lowest BCUT2D eigenvalue weighted by Gasteiger charge is -2.24. The average Bonchev–Trinajstić information content (AvgIpc) is 2.38.